The number of carbonyl (C=O) groups excluding carboxylic acids is 1. The van der Waals surface area contributed by atoms with Crippen LogP contribution in [0.15, 0.2) is 0 Å². The molecule has 1 aliphatic carbocycles. The maximum atomic E-state index is 12.2. The number of carboxylic acid groups (broad SMARTS) is 1. The highest BCUT2D eigenvalue weighted by Gasteiger charge is 2.32. The van der Waals surface area contributed by atoms with E-state index in [1.54, 1.807) is 13.8 Å². The van der Waals surface area contributed by atoms with Crippen LogP contribution in [0.2, 0.25) is 0 Å². The molecule has 108 valence electrons. The van der Waals surface area contributed by atoms with Crippen molar-refractivity contribution in [1.82, 2.24) is 9.80 Å². The summed E-state index contributed by atoms with van der Waals surface area (Å²) in [6.45, 7) is 7.83. The maximum Gasteiger partial charge on any atom is 0.307 e. The molecular formula is C14H24N2O3. The van der Waals surface area contributed by atoms with E-state index >= 15 is 0 Å². The Labute approximate surface area is 114 Å². The Morgan fingerprint density at radius 2 is 1.68 bits per heavy atom. The normalized spacial score (nSPS) is 24.0. The van der Waals surface area contributed by atoms with Gasteiger partial charge in [0.2, 0.25) is 5.91 Å². The van der Waals surface area contributed by atoms with Gasteiger partial charge < -0.3 is 10.0 Å². The molecule has 5 heteroatoms. The number of rotatable bonds is 5. The molecule has 5 nitrogen and oxygen atoms in total. The molecule has 1 aliphatic heterocycles. The van der Waals surface area contributed by atoms with Gasteiger partial charge in [-0.1, -0.05) is 13.8 Å². The fraction of sp³-hybridized carbons (Fsp3) is 0.857. The second-order valence-corrected chi connectivity index (χ2v) is 5.98. The largest absolute Gasteiger partial charge is 0.481 e. The lowest BCUT2D eigenvalue weighted by Crippen LogP contribution is -2.51. The molecule has 0 spiro atoms. The van der Waals surface area contributed by atoms with Crippen LogP contribution in [0.4, 0.5) is 0 Å². The predicted molar refractivity (Wildman–Crippen MR) is 71.7 cm³/mol. The van der Waals surface area contributed by atoms with E-state index in [0.29, 0.717) is 0 Å². The van der Waals surface area contributed by atoms with Crippen LogP contribution in [0.5, 0.6) is 0 Å². The van der Waals surface area contributed by atoms with Gasteiger partial charge in [-0.3, -0.25) is 14.5 Å². The van der Waals surface area contributed by atoms with E-state index in [9.17, 15) is 9.59 Å². The molecule has 2 rings (SSSR count). The minimum atomic E-state index is -0.895. The Bertz CT molecular complexity index is 347. The van der Waals surface area contributed by atoms with Crippen LogP contribution in [0.25, 0.3) is 0 Å². The van der Waals surface area contributed by atoms with Gasteiger partial charge in [-0.2, -0.15) is 0 Å². The number of piperazine rings is 1. The van der Waals surface area contributed by atoms with Crippen molar-refractivity contribution in [1.29, 1.82) is 0 Å². The van der Waals surface area contributed by atoms with Crippen LogP contribution >= 0.6 is 0 Å². The first-order chi connectivity index (χ1) is 8.99. The van der Waals surface area contributed by atoms with Crippen LogP contribution in [0.1, 0.15) is 26.7 Å². The number of aliphatic carboxylic acids is 1. The van der Waals surface area contributed by atoms with Crippen molar-refractivity contribution < 1.29 is 14.7 Å². The van der Waals surface area contributed by atoms with Crippen molar-refractivity contribution in [3.8, 4) is 0 Å². The van der Waals surface area contributed by atoms with Gasteiger partial charge in [0.05, 0.1) is 5.92 Å². The topological polar surface area (TPSA) is 60.9 Å². The van der Waals surface area contributed by atoms with E-state index in [-0.39, 0.29) is 5.91 Å². The monoisotopic (exact) mass is 268 g/mol. The Morgan fingerprint density at radius 1 is 1.11 bits per heavy atom. The third-order valence-corrected chi connectivity index (χ3v) is 4.43. The van der Waals surface area contributed by atoms with Gasteiger partial charge in [-0.05, 0) is 18.8 Å². The lowest BCUT2D eigenvalue weighted by atomic mass is 9.94. The predicted octanol–water partition coefficient (Wildman–Crippen LogP) is 0.897. The standard InChI is InChI=1S/C14H24N2O3/c1-10(11(2)14(18)19)13(17)16-7-5-15(6-8-16)9-12-3-4-12/h10-12H,3-9H2,1-2H3,(H,18,19). The molecule has 0 bridgehead atoms. The Balaban J connectivity index is 1.79. The summed E-state index contributed by atoms with van der Waals surface area (Å²) in [5, 5.41) is 8.97. The fourth-order valence-corrected chi connectivity index (χ4v) is 2.53. The van der Waals surface area contributed by atoms with E-state index in [1.807, 2.05) is 4.90 Å². The van der Waals surface area contributed by atoms with Crippen molar-refractivity contribution in [2.24, 2.45) is 17.8 Å². The minimum absolute atomic E-state index is 0.0130. The third kappa shape index (κ3) is 3.69. The molecule has 2 atom stereocenters. The van der Waals surface area contributed by atoms with Gasteiger partial charge in [0.25, 0.3) is 0 Å². The molecule has 2 fully saturated rings. The summed E-state index contributed by atoms with van der Waals surface area (Å²) in [5.41, 5.74) is 0. The van der Waals surface area contributed by atoms with Crippen LogP contribution in [0.3, 0.4) is 0 Å². The highest BCUT2D eigenvalue weighted by Crippen LogP contribution is 2.30. The molecule has 2 unspecified atom stereocenters. The summed E-state index contributed by atoms with van der Waals surface area (Å²) in [7, 11) is 0. The lowest BCUT2D eigenvalue weighted by Gasteiger charge is -2.36. The Hall–Kier alpha value is -1.10. The molecular weight excluding hydrogens is 244 g/mol. The van der Waals surface area contributed by atoms with E-state index in [4.69, 9.17) is 5.11 Å². The molecule has 1 saturated carbocycles. The van der Waals surface area contributed by atoms with Crippen LogP contribution in [-0.4, -0.2) is 59.5 Å². The second kappa shape index (κ2) is 5.90. The SMILES string of the molecule is CC(C(=O)O)C(C)C(=O)N1CCN(CC2CC2)CC1. The van der Waals surface area contributed by atoms with Crippen LogP contribution in [0, 0.1) is 17.8 Å². The number of carbonyl (C=O) groups is 2. The van der Waals surface area contributed by atoms with Gasteiger partial charge in [-0.25, -0.2) is 0 Å². The van der Waals surface area contributed by atoms with Crippen molar-refractivity contribution in [3.05, 3.63) is 0 Å². The first-order valence-electron chi connectivity index (χ1n) is 7.23. The number of nitrogens with zero attached hydrogens (tertiary/aromatic N) is 2. The van der Waals surface area contributed by atoms with E-state index in [2.05, 4.69) is 4.90 Å². The average molecular weight is 268 g/mol. The molecule has 1 amide bonds. The summed E-state index contributed by atoms with van der Waals surface area (Å²) in [6, 6.07) is 0. The van der Waals surface area contributed by atoms with E-state index in [1.165, 1.54) is 19.4 Å². The maximum absolute atomic E-state index is 12.2. The van der Waals surface area contributed by atoms with Crippen molar-refractivity contribution in [2.45, 2.75) is 26.7 Å². The smallest absolute Gasteiger partial charge is 0.307 e. The second-order valence-electron chi connectivity index (χ2n) is 5.98. The van der Waals surface area contributed by atoms with Gasteiger partial charge in [-0.15, -0.1) is 0 Å². The van der Waals surface area contributed by atoms with Crippen LogP contribution in [-0.2, 0) is 9.59 Å². The first-order valence-corrected chi connectivity index (χ1v) is 7.23. The van der Waals surface area contributed by atoms with Gasteiger partial charge in [0, 0.05) is 38.6 Å². The zero-order chi connectivity index (χ0) is 14.0. The van der Waals surface area contributed by atoms with Crippen molar-refractivity contribution in [2.75, 3.05) is 32.7 Å². The summed E-state index contributed by atoms with van der Waals surface area (Å²) in [6.07, 6.45) is 2.71. The fourth-order valence-electron chi connectivity index (χ4n) is 2.53. The van der Waals surface area contributed by atoms with Gasteiger partial charge in [0.15, 0.2) is 0 Å². The number of hydrogen-bond acceptors (Lipinski definition) is 3. The summed E-state index contributed by atoms with van der Waals surface area (Å²) in [5.74, 6) is -1.08. The molecule has 1 N–H and O–H groups in total. The molecule has 1 heterocycles. The number of amides is 1. The molecule has 19 heavy (non-hydrogen) atoms. The highest BCUT2D eigenvalue weighted by molar-refractivity contribution is 5.84. The minimum Gasteiger partial charge on any atom is -0.481 e. The highest BCUT2D eigenvalue weighted by atomic mass is 16.4. The first kappa shape index (κ1) is 14.3. The summed E-state index contributed by atoms with van der Waals surface area (Å²) >= 11 is 0. The quantitative estimate of drug-likeness (QED) is 0.804. The molecule has 2 aliphatic rings. The molecule has 0 aromatic carbocycles. The zero-order valence-electron chi connectivity index (χ0n) is 11.8. The third-order valence-electron chi connectivity index (χ3n) is 4.43. The summed E-state index contributed by atoms with van der Waals surface area (Å²) < 4.78 is 0. The van der Waals surface area contributed by atoms with Crippen LogP contribution < -0.4 is 0 Å². The molecule has 1 saturated heterocycles. The zero-order valence-corrected chi connectivity index (χ0v) is 11.8. The summed E-state index contributed by atoms with van der Waals surface area (Å²) in [4.78, 5) is 27.4. The van der Waals surface area contributed by atoms with Gasteiger partial charge in [0.1, 0.15) is 0 Å². The van der Waals surface area contributed by atoms with Gasteiger partial charge >= 0.3 is 5.97 Å². The van der Waals surface area contributed by atoms with E-state index in [0.717, 1.165) is 32.1 Å². The Kier molecular flexibility index (Phi) is 4.45. The molecule has 0 radical (unpaired) electrons. The Morgan fingerprint density at radius 3 is 2.16 bits per heavy atom. The van der Waals surface area contributed by atoms with Crippen molar-refractivity contribution >= 4 is 11.9 Å². The molecule has 0 aromatic heterocycles. The average Bonchev–Trinajstić information content (AvgIpc) is 3.21. The lowest BCUT2D eigenvalue weighted by molar-refractivity contribution is -0.149. The van der Waals surface area contributed by atoms with E-state index < -0.39 is 17.8 Å². The number of carboxylic acids is 1. The number of hydrogen-bond donors (Lipinski definition) is 1. The molecule has 0 aromatic rings. The van der Waals surface area contributed by atoms with Crippen molar-refractivity contribution in [3.63, 3.8) is 0 Å².